The van der Waals surface area contributed by atoms with Crippen LogP contribution in [0.4, 0.5) is 5.69 Å². The average molecular weight is 362 g/mol. The van der Waals surface area contributed by atoms with Crippen molar-refractivity contribution in [2.45, 2.75) is 32.7 Å². The van der Waals surface area contributed by atoms with Gasteiger partial charge in [0.15, 0.2) is 0 Å². The molecule has 146 valence electrons. The minimum Gasteiger partial charge on any atom is -0.497 e. The number of methoxy groups -OCH3 is 1. The highest BCUT2D eigenvalue weighted by atomic mass is 16.5. The van der Waals surface area contributed by atoms with E-state index in [2.05, 4.69) is 40.7 Å². The van der Waals surface area contributed by atoms with Crippen LogP contribution in [0.3, 0.4) is 0 Å². The first-order valence-corrected chi connectivity index (χ1v) is 9.97. The number of likely N-dealkylation sites (tertiary alicyclic amines) is 1. The van der Waals surface area contributed by atoms with Gasteiger partial charge in [0.25, 0.3) is 0 Å². The quantitative estimate of drug-likeness (QED) is 0.842. The molecule has 2 fully saturated rings. The van der Waals surface area contributed by atoms with Crippen molar-refractivity contribution in [3.8, 4) is 5.75 Å². The molecule has 2 aliphatic heterocycles. The van der Waals surface area contributed by atoms with Crippen LogP contribution in [-0.4, -0.2) is 80.5 Å². The van der Waals surface area contributed by atoms with Crippen LogP contribution in [0, 0.1) is 5.41 Å². The molecule has 5 heteroatoms. The van der Waals surface area contributed by atoms with Crippen molar-refractivity contribution >= 4 is 5.69 Å². The van der Waals surface area contributed by atoms with Gasteiger partial charge in [-0.2, -0.15) is 0 Å². The van der Waals surface area contributed by atoms with Crippen molar-refractivity contribution in [1.82, 2.24) is 9.80 Å². The fourth-order valence-corrected chi connectivity index (χ4v) is 4.27. The molecule has 0 unspecified atom stereocenters. The summed E-state index contributed by atoms with van der Waals surface area (Å²) in [6.45, 7) is 12.3. The van der Waals surface area contributed by atoms with Gasteiger partial charge < -0.3 is 19.6 Å². The van der Waals surface area contributed by atoms with Crippen LogP contribution in [0.15, 0.2) is 24.3 Å². The number of ether oxygens (including phenoxy) is 1. The van der Waals surface area contributed by atoms with Crippen molar-refractivity contribution in [2.24, 2.45) is 5.41 Å². The Hall–Kier alpha value is -1.30. The summed E-state index contributed by atoms with van der Waals surface area (Å²) in [6, 6.07) is 9.07. The number of rotatable bonds is 6. The van der Waals surface area contributed by atoms with E-state index in [0.29, 0.717) is 6.04 Å². The minimum atomic E-state index is -0.00501. The molecule has 2 saturated heterocycles. The summed E-state index contributed by atoms with van der Waals surface area (Å²) in [5, 5.41) is 9.56. The van der Waals surface area contributed by atoms with Gasteiger partial charge >= 0.3 is 0 Å². The number of benzene rings is 1. The molecule has 2 aliphatic rings. The highest BCUT2D eigenvalue weighted by molar-refractivity contribution is 5.49. The summed E-state index contributed by atoms with van der Waals surface area (Å²) in [6.07, 6.45) is 2.57. The van der Waals surface area contributed by atoms with Gasteiger partial charge in [0.1, 0.15) is 5.75 Å². The molecule has 0 saturated carbocycles. The minimum absolute atomic E-state index is 0.00501. The van der Waals surface area contributed by atoms with E-state index < -0.39 is 0 Å². The number of piperazine rings is 1. The third kappa shape index (κ3) is 4.90. The topological polar surface area (TPSA) is 39.2 Å². The zero-order valence-corrected chi connectivity index (χ0v) is 16.7. The van der Waals surface area contributed by atoms with Crippen molar-refractivity contribution in [3.05, 3.63) is 24.3 Å². The lowest BCUT2D eigenvalue weighted by molar-refractivity contribution is 0.0502. The summed E-state index contributed by atoms with van der Waals surface area (Å²) in [5.41, 5.74) is 1.29. The molecule has 2 heterocycles. The lowest BCUT2D eigenvalue weighted by Gasteiger charge is -2.45. The fourth-order valence-electron chi connectivity index (χ4n) is 4.27. The van der Waals surface area contributed by atoms with E-state index in [4.69, 9.17) is 4.74 Å². The van der Waals surface area contributed by atoms with E-state index >= 15 is 0 Å². The Morgan fingerprint density at radius 1 is 1.08 bits per heavy atom. The third-order valence-electron chi connectivity index (χ3n) is 5.83. The van der Waals surface area contributed by atoms with Gasteiger partial charge in [0.05, 0.1) is 7.11 Å². The molecule has 1 N–H and O–H groups in total. The smallest absolute Gasteiger partial charge is 0.119 e. The van der Waals surface area contributed by atoms with E-state index in [-0.39, 0.29) is 12.0 Å². The molecule has 0 bridgehead atoms. The Bertz CT molecular complexity index is 553. The number of hydrogen-bond donors (Lipinski definition) is 1. The predicted molar refractivity (Wildman–Crippen MR) is 107 cm³/mol. The standard InChI is InChI=1S/C21H35N3O2/c1-21(2,17-25)16-22-10-4-5-19(15-22)24-13-11-23(12-14-24)18-6-8-20(26-3)9-7-18/h6-9,19,25H,4-5,10-17H2,1-3H3/t19-/m0/s1. The van der Waals surface area contributed by atoms with Crippen LogP contribution in [0.5, 0.6) is 5.75 Å². The Morgan fingerprint density at radius 2 is 1.77 bits per heavy atom. The highest BCUT2D eigenvalue weighted by Crippen LogP contribution is 2.24. The number of aliphatic hydroxyl groups is 1. The van der Waals surface area contributed by atoms with Crippen LogP contribution < -0.4 is 9.64 Å². The van der Waals surface area contributed by atoms with Crippen LogP contribution >= 0.6 is 0 Å². The van der Waals surface area contributed by atoms with Gasteiger partial charge in [-0.3, -0.25) is 4.90 Å². The van der Waals surface area contributed by atoms with Gasteiger partial charge in [-0.1, -0.05) is 13.8 Å². The summed E-state index contributed by atoms with van der Waals surface area (Å²) in [5.74, 6) is 0.917. The molecule has 26 heavy (non-hydrogen) atoms. The van der Waals surface area contributed by atoms with E-state index in [1.165, 1.54) is 25.1 Å². The molecule has 5 nitrogen and oxygen atoms in total. The van der Waals surface area contributed by atoms with Gasteiger partial charge in [-0.05, 0) is 43.7 Å². The van der Waals surface area contributed by atoms with Crippen molar-refractivity contribution in [1.29, 1.82) is 0 Å². The lowest BCUT2D eigenvalue weighted by Crippen LogP contribution is -2.56. The maximum Gasteiger partial charge on any atom is 0.119 e. The maximum absolute atomic E-state index is 9.56. The van der Waals surface area contributed by atoms with Gasteiger partial charge in [-0.15, -0.1) is 0 Å². The SMILES string of the molecule is COc1ccc(N2CCN([C@H]3CCCN(CC(C)(C)CO)C3)CC2)cc1. The number of hydrogen-bond acceptors (Lipinski definition) is 5. The Kier molecular flexibility index (Phi) is 6.43. The molecule has 0 amide bonds. The Balaban J connectivity index is 1.50. The normalized spacial score (nSPS) is 23.2. The zero-order chi connectivity index (χ0) is 18.6. The summed E-state index contributed by atoms with van der Waals surface area (Å²) < 4.78 is 5.26. The second-order valence-corrected chi connectivity index (χ2v) is 8.57. The fraction of sp³-hybridized carbons (Fsp3) is 0.714. The van der Waals surface area contributed by atoms with Crippen molar-refractivity contribution in [3.63, 3.8) is 0 Å². The molecule has 0 radical (unpaired) electrons. The first-order chi connectivity index (χ1) is 12.5. The average Bonchev–Trinajstić information content (AvgIpc) is 2.68. The Labute approximate surface area is 158 Å². The van der Waals surface area contributed by atoms with Crippen molar-refractivity contribution in [2.75, 3.05) is 64.4 Å². The molecule has 0 spiro atoms. The number of aliphatic hydroxyl groups excluding tert-OH is 1. The van der Waals surface area contributed by atoms with Crippen LogP contribution in [0.1, 0.15) is 26.7 Å². The molecule has 0 aliphatic carbocycles. The molecule has 1 aromatic rings. The third-order valence-corrected chi connectivity index (χ3v) is 5.83. The van der Waals surface area contributed by atoms with Crippen molar-refractivity contribution < 1.29 is 9.84 Å². The molecular weight excluding hydrogens is 326 g/mol. The second-order valence-electron chi connectivity index (χ2n) is 8.57. The monoisotopic (exact) mass is 361 g/mol. The number of anilines is 1. The first-order valence-electron chi connectivity index (χ1n) is 9.97. The molecule has 1 atom stereocenters. The zero-order valence-electron chi connectivity index (χ0n) is 16.7. The Morgan fingerprint density at radius 3 is 2.38 bits per heavy atom. The molecular formula is C21H35N3O2. The summed E-state index contributed by atoms with van der Waals surface area (Å²) in [4.78, 5) is 7.71. The summed E-state index contributed by atoms with van der Waals surface area (Å²) >= 11 is 0. The highest BCUT2D eigenvalue weighted by Gasteiger charge is 2.30. The van der Waals surface area contributed by atoms with E-state index in [9.17, 15) is 5.11 Å². The largest absolute Gasteiger partial charge is 0.497 e. The van der Waals surface area contributed by atoms with Gasteiger partial charge in [0.2, 0.25) is 0 Å². The van der Waals surface area contributed by atoms with Gasteiger partial charge in [-0.25, -0.2) is 0 Å². The van der Waals surface area contributed by atoms with E-state index in [1.807, 2.05) is 12.1 Å². The van der Waals surface area contributed by atoms with Crippen LogP contribution in [0.2, 0.25) is 0 Å². The molecule has 0 aromatic heterocycles. The second kappa shape index (κ2) is 8.59. The number of nitrogens with zero attached hydrogens (tertiary/aromatic N) is 3. The van der Waals surface area contributed by atoms with E-state index in [0.717, 1.165) is 45.0 Å². The van der Waals surface area contributed by atoms with Crippen LogP contribution in [0.25, 0.3) is 0 Å². The van der Waals surface area contributed by atoms with Crippen LogP contribution in [-0.2, 0) is 0 Å². The molecule has 3 rings (SSSR count). The predicted octanol–water partition coefficient (Wildman–Crippen LogP) is 2.30. The number of piperidine rings is 1. The maximum atomic E-state index is 9.56. The first kappa shape index (κ1) is 19.5. The molecule has 1 aromatic carbocycles. The summed E-state index contributed by atoms with van der Waals surface area (Å²) in [7, 11) is 1.71. The lowest BCUT2D eigenvalue weighted by atomic mass is 9.92. The van der Waals surface area contributed by atoms with E-state index in [1.54, 1.807) is 7.11 Å². The van der Waals surface area contributed by atoms with Gasteiger partial charge in [0, 0.05) is 63.0 Å².